The van der Waals surface area contributed by atoms with E-state index in [1.54, 1.807) is 6.07 Å². The highest BCUT2D eigenvalue weighted by molar-refractivity contribution is 5.75. The third-order valence-electron chi connectivity index (χ3n) is 1.95. The van der Waals surface area contributed by atoms with Crippen LogP contribution in [0.3, 0.4) is 0 Å². The van der Waals surface area contributed by atoms with Crippen molar-refractivity contribution in [2.24, 2.45) is 0 Å². The molecule has 0 spiro atoms. The van der Waals surface area contributed by atoms with Crippen LogP contribution >= 0.6 is 0 Å². The summed E-state index contributed by atoms with van der Waals surface area (Å²) in [4.78, 5) is 4.27. The molecular formula is C10H6N2O2. The summed E-state index contributed by atoms with van der Waals surface area (Å²) in [5, 5.41) is 3.75. The number of nitrogens with zero attached hydrogens (tertiary/aromatic N) is 2. The van der Waals surface area contributed by atoms with E-state index in [4.69, 9.17) is 8.94 Å². The molecule has 3 aromatic rings. The molecule has 0 aliphatic heterocycles. The molecule has 4 heteroatoms. The van der Waals surface area contributed by atoms with Gasteiger partial charge in [-0.3, -0.25) is 0 Å². The Morgan fingerprint density at radius 1 is 1.07 bits per heavy atom. The molecule has 0 fully saturated rings. The first-order chi connectivity index (χ1) is 6.93. The maximum atomic E-state index is 5.48. The Morgan fingerprint density at radius 2 is 2.00 bits per heavy atom. The lowest BCUT2D eigenvalue weighted by Gasteiger charge is -1.81. The minimum Gasteiger partial charge on any atom is -0.435 e. The molecular weight excluding hydrogens is 180 g/mol. The third-order valence-corrected chi connectivity index (χ3v) is 1.95. The quantitative estimate of drug-likeness (QED) is 0.585. The van der Waals surface area contributed by atoms with Crippen molar-refractivity contribution in [1.82, 2.24) is 10.1 Å². The Hall–Kier alpha value is -2.10. The van der Waals surface area contributed by atoms with Crippen molar-refractivity contribution in [2.45, 2.75) is 0 Å². The second-order valence-electron chi connectivity index (χ2n) is 2.87. The smallest absolute Gasteiger partial charge is 0.249 e. The highest BCUT2D eigenvalue weighted by Gasteiger charge is 2.09. The van der Waals surface area contributed by atoms with Crippen LogP contribution in [0.1, 0.15) is 0 Å². The average molecular weight is 186 g/mol. The molecule has 0 saturated heterocycles. The van der Waals surface area contributed by atoms with Crippen molar-refractivity contribution in [1.29, 1.82) is 0 Å². The van der Waals surface area contributed by atoms with Gasteiger partial charge >= 0.3 is 0 Å². The summed E-state index contributed by atoms with van der Waals surface area (Å²) in [6.07, 6.45) is 1.49. The maximum Gasteiger partial charge on any atom is 0.249 e. The first-order valence-corrected chi connectivity index (χ1v) is 4.20. The number of rotatable bonds is 1. The average Bonchev–Trinajstić information content (AvgIpc) is 2.86. The number of aromatic nitrogens is 2. The van der Waals surface area contributed by atoms with Gasteiger partial charge in [0.2, 0.25) is 5.89 Å². The zero-order valence-electron chi connectivity index (χ0n) is 7.18. The molecule has 1 aromatic carbocycles. The summed E-state index contributed by atoms with van der Waals surface area (Å²) in [5.74, 6) is 0.486. The largest absolute Gasteiger partial charge is 0.435 e. The van der Waals surface area contributed by atoms with Gasteiger partial charge in [-0.15, -0.1) is 0 Å². The van der Waals surface area contributed by atoms with Crippen molar-refractivity contribution < 1.29 is 8.94 Å². The molecule has 14 heavy (non-hydrogen) atoms. The topological polar surface area (TPSA) is 52.1 Å². The van der Waals surface area contributed by atoms with Gasteiger partial charge in [0, 0.05) is 6.07 Å². The molecule has 0 saturated carbocycles. The molecule has 0 N–H and O–H groups in total. The van der Waals surface area contributed by atoms with Crippen molar-refractivity contribution in [2.75, 3.05) is 0 Å². The van der Waals surface area contributed by atoms with Crippen LogP contribution in [0.25, 0.3) is 22.7 Å². The van der Waals surface area contributed by atoms with E-state index in [2.05, 4.69) is 10.1 Å². The van der Waals surface area contributed by atoms with Crippen LogP contribution < -0.4 is 0 Å². The molecule has 3 rings (SSSR count). The lowest BCUT2D eigenvalue weighted by atomic mass is 10.3. The molecule has 0 aliphatic carbocycles. The van der Waals surface area contributed by atoms with Gasteiger partial charge in [-0.2, -0.15) is 0 Å². The van der Waals surface area contributed by atoms with E-state index in [-0.39, 0.29) is 0 Å². The van der Waals surface area contributed by atoms with Gasteiger partial charge in [0.05, 0.1) is 0 Å². The summed E-state index contributed by atoms with van der Waals surface area (Å²) in [7, 11) is 0. The van der Waals surface area contributed by atoms with E-state index in [1.807, 2.05) is 24.3 Å². The van der Waals surface area contributed by atoms with E-state index in [1.165, 1.54) is 6.26 Å². The second kappa shape index (κ2) is 2.70. The number of hydrogen-bond donors (Lipinski definition) is 0. The maximum absolute atomic E-state index is 5.48. The predicted molar refractivity (Wildman–Crippen MR) is 49.5 cm³/mol. The van der Waals surface area contributed by atoms with Crippen molar-refractivity contribution in [3.05, 3.63) is 36.6 Å². The second-order valence-corrected chi connectivity index (χ2v) is 2.87. The van der Waals surface area contributed by atoms with Crippen LogP contribution in [-0.2, 0) is 0 Å². The van der Waals surface area contributed by atoms with E-state index in [0.717, 1.165) is 11.1 Å². The lowest BCUT2D eigenvalue weighted by Crippen LogP contribution is -1.74. The minimum absolute atomic E-state index is 0.486. The predicted octanol–water partition coefficient (Wildman–Crippen LogP) is 2.48. The zero-order valence-corrected chi connectivity index (χ0v) is 7.18. The van der Waals surface area contributed by atoms with Crippen LogP contribution in [-0.4, -0.2) is 10.1 Å². The molecule has 2 aromatic heterocycles. The summed E-state index contributed by atoms with van der Waals surface area (Å²) in [6.45, 7) is 0. The van der Waals surface area contributed by atoms with Crippen molar-refractivity contribution in [3.63, 3.8) is 0 Å². The molecule has 2 heterocycles. The number of fused-ring (bicyclic) bond motifs is 1. The zero-order chi connectivity index (χ0) is 9.38. The summed E-state index contributed by atoms with van der Waals surface area (Å²) < 4.78 is 10.2. The lowest BCUT2D eigenvalue weighted by molar-refractivity contribution is 0.419. The van der Waals surface area contributed by atoms with Gasteiger partial charge in [-0.25, -0.2) is 4.98 Å². The monoisotopic (exact) mass is 186 g/mol. The van der Waals surface area contributed by atoms with Crippen molar-refractivity contribution >= 4 is 11.1 Å². The molecule has 4 nitrogen and oxygen atoms in total. The standard InChI is InChI=1S/C10H6N2O2/c1-2-4-9-7(3-1)11-10(14-9)8-5-6-13-12-8/h1-6H. The van der Waals surface area contributed by atoms with Crippen LogP contribution in [0.5, 0.6) is 0 Å². The van der Waals surface area contributed by atoms with Crippen LogP contribution in [0.15, 0.2) is 45.5 Å². The fourth-order valence-electron chi connectivity index (χ4n) is 1.30. The van der Waals surface area contributed by atoms with Gasteiger partial charge in [0.1, 0.15) is 11.8 Å². The molecule has 0 amide bonds. The summed E-state index contributed by atoms with van der Waals surface area (Å²) >= 11 is 0. The molecule has 0 bridgehead atoms. The molecule has 68 valence electrons. The van der Waals surface area contributed by atoms with Gasteiger partial charge < -0.3 is 8.94 Å². The van der Waals surface area contributed by atoms with E-state index >= 15 is 0 Å². The van der Waals surface area contributed by atoms with Crippen LogP contribution in [0.4, 0.5) is 0 Å². The third kappa shape index (κ3) is 1.01. The normalized spacial score (nSPS) is 10.9. The van der Waals surface area contributed by atoms with Gasteiger partial charge in [-0.05, 0) is 12.1 Å². The van der Waals surface area contributed by atoms with Crippen molar-refractivity contribution in [3.8, 4) is 11.6 Å². The molecule has 0 radical (unpaired) electrons. The van der Waals surface area contributed by atoms with E-state index in [0.29, 0.717) is 11.6 Å². The van der Waals surface area contributed by atoms with Crippen LogP contribution in [0.2, 0.25) is 0 Å². The molecule has 0 unspecified atom stereocenters. The number of benzene rings is 1. The van der Waals surface area contributed by atoms with Gasteiger partial charge in [-0.1, -0.05) is 17.3 Å². The number of oxazole rings is 1. The minimum atomic E-state index is 0.486. The Labute approximate surface area is 79.1 Å². The fourth-order valence-corrected chi connectivity index (χ4v) is 1.30. The SMILES string of the molecule is c1ccc2oc(-c3ccon3)nc2c1. The van der Waals surface area contributed by atoms with E-state index < -0.39 is 0 Å². The van der Waals surface area contributed by atoms with Gasteiger partial charge in [0.25, 0.3) is 0 Å². The molecule has 0 atom stereocenters. The van der Waals surface area contributed by atoms with Gasteiger partial charge in [0.15, 0.2) is 11.3 Å². The van der Waals surface area contributed by atoms with Crippen LogP contribution in [0, 0.1) is 0 Å². The summed E-state index contributed by atoms with van der Waals surface area (Å²) in [5.41, 5.74) is 2.19. The highest BCUT2D eigenvalue weighted by Crippen LogP contribution is 2.22. The summed E-state index contributed by atoms with van der Waals surface area (Å²) in [6, 6.07) is 9.29. The number of hydrogen-bond acceptors (Lipinski definition) is 4. The van der Waals surface area contributed by atoms with E-state index in [9.17, 15) is 0 Å². The Bertz CT molecular complexity index is 521. The Morgan fingerprint density at radius 3 is 2.79 bits per heavy atom. The first-order valence-electron chi connectivity index (χ1n) is 4.20. The fraction of sp³-hybridized carbons (Fsp3) is 0. The first kappa shape index (κ1) is 7.32. The number of para-hydroxylation sites is 2. The Kier molecular flexibility index (Phi) is 1.41. The Balaban J connectivity index is 2.24. The highest BCUT2D eigenvalue weighted by atomic mass is 16.5. The molecule has 0 aliphatic rings.